The van der Waals surface area contributed by atoms with E-state index in [4.69, 9.17) is 0 Å². The molecular formula is C14H22N2O3S. The molecule has 1 fully saturated rings. The van der Waals surface area contributed by atoms with Crippen LogP contribution in [0.2, 0.25) is 0 Å². The molecule has 5 nitrogen and oxygen atoms in total. The van der Waals surface area contributed by atoms with Gasteiger partial charge in [0.15, 0.2) is 9.84 Å². The summed E-state index contributed by atoms with van der Waals surface area (Å²) in [5.41, 5.74) is 0.459. The lowest BCUT2D eigenvalue weighted by atomic mass is 9.90. The number of nitrogens with one attached hydrogen (secondary N) is 1. The van der Waals surface area contributed by atoms with E-state index in [1.165, 1.54) is 0 Å². The van der Waals surface area contributed by atoms with E-state index in [-0.39, 0.29) is 18.1 Å². The lowest BCUT2D eigenvalue weighted by molar-refractivity contribution is 0.117. The molecule has 1 aromatic carbocycles. The van der Waals surface area contributed by atoms with E-state index in [2.05, 4.69) is 10.2 Å². The van der Waals surface area contributed by atoms with E-state index in [0.717, 1.165) is 5.56 Å². The predicted molar refractivity (Wildman–Crippen MR) is 79.4 cm³/mol. The Bertz CT molecular complexity index is 513. The van der Waals surface area contributed by atoms with Crippen LogP contribution in [-0.2, 0) is 15.4 Å². The number of benzene rings is 1. The van der Waals surface area contributed by atoms with Crippen LogP contribution in [0.4, 0.5) is 0 Å². The molecule has 1 atom stereocenters. The van der Waals surface area contributed by atoms with Crippen molar-refractivity contribution < 1.29 is 13.5 Å². The van der Waals surface area contributed by atoms with Crippen molar-refractivity contribution in [3.63, 3.8) is 0 Å². The van der Waals surface area contributed by atoms with Crippen molar-refractivity contribution in [1.82, 2.24) is 10.2 Å². The van der Waals surface area contributed by atoms with Crippen molar-refractivity contribution >= 4 is 9.84 Å². The monoisotopic (exact) mass is 298 g/mol. The largest absolute Gasteiger partial charge is 0.394 e. The van der Waals surface area contributed by atoms with E-state index in [1.807, 2.05) is 37.4 Å². The molecule has 1 heterocycles. The maximum Gasteiger partial charge on any atom is 0.152 e. The summed E-state index contributed by atoms with van der Waals surface area (Å²) in [4.78, 5) is 2.10. The molecular weight excluding hydrogens is 276 g/mol. The van der Waals surface area contributed by atoms with Crippen LogP contribution in [0.1, 0.15) is 5.56 Å². The summed E-state index contributed by atoms with van der Waals surface area (Å²) >= 11 is 0. The SMILES string of the molecule is CNC(CO)(CN1CCS(=O)(=O)CC1)c1ccccc1. The quantitative estimate of drug-likeness (QED) is 0.789. The molecule has 0 spiro atoms. The van der Waals surface area contributed by atoms with Gasteiger partial charge in [0.2, 0.25) is 0 Å². The molecule has 2 N–H and O–H groups in total. The van der Waals surface area contributed by atoms with Gasteiger partial charge < -0.3 is 10.4 Å². The molecule has 1 unspecified atom stereocenters. The van der Waals surface area contributed by atoms with Crippen LogP contribution in [0.3, 0.4) is 0 Å². The Morgan fingerprint density at radius 2 is 1.85 bits per heavy atom. The Balaban J connectivity index is 2.14. The minimum Gasteiger partial charge on any atom is -0.394 e. The van der Waals surface area contributed by atoms with Crippen molar-refractivity contribution in [2.45, 2.75) is 5.54 Å². The molecule has 0 aromatic heterocycles. The molecule has 0 aliphatic carbocycles. The van der Waals surface area contributed by atoms with Crippen LogP contribution in [0, 0.1) is 0 Å². The van der Waals surface area contributed by atoms with Gasteiger partial charge in [-0.15, -0.1) is 0 Å². The van der Waals surface area contributed by atoms with Crippen LogP contribution >= 0.6 is 0 Å². The number of aliphatic hydroxyl groups is 1. The van der Waals surface area contributed by atoms with Crippen molar-refractivity contribution in [1.29, 1.82) is 0 Å². The summed E-state index contributed by atoms with van der Waals surface area (Å²) in [5.74, 6) is 0.403. The summed E-state index contributed by atoms with van der Waals surface area (Å²) in [6.45, 7) is 1.62. The molecule has 112 valence electrons. The highest BCUT2D eigenvalue weighted by molar-refractivity contribution is 7.91. The highest BCUT2D eigenvalue weighted by Gasteiger charge is 2.34. The third-order valence-corrected chi connectivity index (χ3v) is 5.61. The van der Waals surface area contributed by atoms with Crippen LogP contribution in [-0.4, -0.2) is 63.2 Å². The number of hydrogen-bond acceptors (Lipinski definition) is 5. The van der Waals surface area contributed by atoms with Gasteiger partial charge in [0.05, 0.1) is 23.7 Å². The Hall–Kier alpha value is -0.950. The highest BCUT2D eigenvalue weighted by Crippen LogP contribution is 2.22. The summed E-state index contributed by atoms with van der Waals surface area (Å²) in [6, 6.07) is 9.78. The second-order valence-corrected chi connectivity index (χ2v) is 7.59. The smallest absolute Gasteiger partial charge is 0.152 e. The fourth-order valence-electron chi connectivity index (χ4n) is 2.58. The fraction of sp³-hybridized carbons (Fsp3) is 0.571. The highest BCUT2D eigenvalue weighted by atomic mass is 32.2. The van der Waals surface area contributed by atoms with Gasteiger partial charge in [-0.2, -0.15) is 0 Å². The summed E-state index contributed by atoms with van der Waals surface area (Å²) < 4.78 is 23.0. The van der Waals surface area contributed by atoms with E-state index in [9.17, 15) is 13.5 Å². The first kappa shape index (κ1) is 15.4. The Morgan fingerprint density at radius 1 is 1.25 bits per heavy atom. The van der Waals surface area contributed by atoms with Gasteiger partial charge >= 0.3 is 0 Å². The lowest BCUT2D eigenvalue weighted by Crippen LogP contribution is -2.55. The van der Waals surface area contributed by atoms with Gasteiger partial charge in [-0.25, -0.2) is 8.42 Å². The Labute approximate surface area is 120 Å². The first-order valence-corrected chi connectivity index (χ1v) is 8.61. The second-order valence-electron chi connectivity index (χ2n) is 5.28. The summed E-state index contributed by atoms with van der Waals surface area (Å²) in [7, 11) is -1.05. The molecule has 0 radical (unpaired) electrons. The molecule has 1 aromatic rings. The zero-order valence-electron chi connectivity index (χ0n) is 11.7. The van der Waals surface area contributed by atoms with Crippen LogP contribution in [0.5, 0.6) is 0 Å². The molecule has 6 heteroatoms. The first-order chi connectivity index (χ1) is 9.51. The number of sulfone groups is 1. The van der Waals surface area contributed by atoms with Gasteiger partial charge in [-0.05, 0) is 12.6 Å². The molecule has 2 rings (SSSR count). The maximum absolute atomic E-state index is 11.5. The molecule has 0 saturated carbocycles. The van der Waals surface area contributed by atoms with Gasteiger partial charge in [-0.1, -0.05) is 30.3 Å². The van der Waals surface area contributed by atoms with Gasteiger partial charge in [-0.3, -0.25) is 4.90 Å². The first-order valence-electron chi connectivity index (χ1n) is 6.79. The van der Waals surface area contributed by atoms with Crippen molar-refractivity contribution in [2.75, 3.05) is 44.8 Å². The van der Waals surface area contributed by atoms with Crippen LogP contribution < -0.4 is 5.32 Å². The third-order valence-electron chi connectivity index (χ3n) is 4.01. The fourth-order valence-corrected chi connectivity index (χ4v) is 3.86. The average Bonchev–Trinajstić information content (AvgIpc) is 2.48. The Kier molecular flexibility index (Phi) is 4.80. The van der Waals surface area contributed by atoms with Crippen LogP contribution in [0.25, 0.3) is 0 Å². The Morgan fingerprint density at radius 3 is 2.35 bits per heavy atom. The van der Waals surface area contributed by atoms with Crippen molar-refractivity contribution in [3.05, 3.63) is 35.9 Å². The van der Waals surface area contributed by atoms with Gasteiger partial charge in [0.1, 0.15) is 0 Å². The number of aliphatic hydroxyl groups excluding tert-OH is 1. The predicted octanol–water partition coefficient (Wildman–Crippen LogP) is -0.176. The van der Waals surface area contributed by atoms with Crippen molar-refractivity contribution in [2.24, 2.45) is 0 Å². The van der Waals surface area contributed by atoms with Gasteiger partial charge in [0, 0.05) is 19.6 Å². The minimum absolute atomic E-state index is 0.0310. The topological polar surface area (TPSA) is 69.6 Å². The number of hydrogen-bond donors (Lipinski definition) is 2. The van der Waals surface area contributed by atoms with E-state index in [0.29, 0.717) is 19.6 Å². The molecule has 20 heavy (non-hydrogen) atoms. The van der Waals surface area contributed by atoms with E-state index in [1.54, 1.807) is 0 Å². The number of nitrogens with zero attached hydrogens (tertiary/aromatic N) is 1. The van der Waals surface area contributed by atoms with Crippen LogP contribution in [0.15, 0.2) is 30.3 Å². The number of likely N-dealkylation sites (N-methyl/N-ethyl adjacent to an activating group) is 1. The average molecular weight is 298 g/mol. The maximum atomic E-state index is 11.5. The minimum atomic E-state index is -2.87. The summed E-state index contributed by atoms with van der Waals surface area (Å²) in [5, 5.41) is 13.1. The normalized spacial score (nSPS) is 22.3. The molecule has 1 saturated heterocycles. The molecule has 1 aliphatic heterocycles. The standard InChI is InChI=1S/C14H22N2O3S/c1-15-14(12-17,13-5-3-2-4-6-13)11-16-7-9-20(18,19)10-8-16/h2-6,15,17H,7-12H2,1H3. The number of rotatable bonds is 5. The zero-order chi connectivity index (χ0) is 14.6. The zero-order valence-corrected chi connectivity index (χ0v) is 12.6. The van der Waals surface area contributed by atoms with E-state index < -0.39 is 15.4 Å². The molecule has 0 amide bonds. The summed E-state index contributed by atoms with van der Waals surface area (Å²) in [6.07, 6.45) is 0. The second kappa shape index (κ2) is 6.22. The van der Waals surface area contributed by atoms with Crippen molar-refractivity contribution in [3.8, 4) is 0 Å². The van der Waals surface area contributed by atoms with Gasteiger partial charge in [0.25, 0.3) is 0 Å². The third kappa shape index (κ3) is 3.38. The lowest BCUT2D eigenvalue weighted by Gasteiger charge is -2.38. The van der Waals surface area contributed by atoms with E-state index >= 15 is 0 Å². The molecule has 1 aliphatic rings. The molecule has 0 bridgehead atoms.